The molecule has 70 valence electrons. The lowest BCUT2D eigenvalue weighted by atomic mass is 10.2. The summed E-state index contributed by atoms with van der Waals surface area (Å²) >= 11 is 0. The van der Waals surface area contributed by atoms with Gasteiger partial charge in [0.15, 0.2) is 0 Å². The van der Waals surface area contributed by atoms with E-state index in [9.17, 15) is 4.79 Å². The van der Waals surface area contributed by atoms with E-state index in [4.69, 9.17) is 9.47 Å². The van der Waals surface area contributed by atoms with Crippen LogP contribution in [0.3, 0.4) is 0 Å². The van der Waals surface area contributed by atoms with E-state index in [-0.39, 0.29) is 6.10 Å². The molecule has 0 saturated carbocycles. The van der Waals surface area contributed by atoms with Crippen LogP contribution in [0.1, 0.15) is 20.8 Å². The topological polar surface area (TPSA) is 35.5 Å². The number of carbonyl (C=O) groups excluding carboxylic acids is 1. The Bertz CT molecular complexity index is 152. The zero-order chi connectivity index (χ0) is 9.56. The lowest BCUT2D eigenvalue weighted by molar-refractivity contribution is 0.0351. The summed E-state index contributed by atoms with van der Waals surface area (Å²) in [5, 5.41) is 0. The van der Waals surface area contributed by atoms with Gasteiger partial charge in [0.2, 0.25) is 0 Å². The second-order valence-corrected chi connectivity index (χ2v) is 3.01. The van der Waals surface area contributed by atoms with Gasteiger partial charge in [-0.3, -0.25) is 0 Å². The first-order chi connectivity index (χ1) is 5.56. The highest BCUT2D eigenvalue weighted by Crippen LogP contribution is 1.98. The molecule has 0 unspecified atom stereocenters. The lowest BCUT2D eigenvalue weighted by Crippen LogP contribution is -2.16. The molecule has 0 heterocycles. The third-order valence-corrected chi connectivity index (χ3v) is 1.15. The van der Waals surface area contributed by atoms with Crippen molar-refractivity contribution in [2.45, 2.75) is 26.9 Å². The van der Waals surface area contributed by atoms with E-state index >= 15 is 0 Å². The van der Waals surface area contributed by atoms with E-state index in [2.05, 4.69) is 6.58 Å². The first-order valence-corrected chi connectivity index (χ1v) is 4.02. The number of ether oxygens (including phenoxy) is 2. The van der Waals surface area contributed by atoms with Crippen molar-refractivity contribution in [1.29, 1.82) is 0 Å². The highest BCUT2D eigenvalue weighted by Gasteiger charge is 2.07. The van der Waals surface area contributed by atoms with Gasteiger partial charge in [0.05, 0.1) is 6.61 Å². The molecule has 0 bridgehead atoms. The summed E-state index contributed by atoms with van der Waals surface area (Å²) < 4.78 is 9.54. The molecular formula is C9H16O3. The summed E-state index contributed by atoms with van der Waals surface area (Å²) in [5.74, 6) is 0.330. The second-order valence-electron chi connectivity index (χ2n) is 3.01. The molecule has 1 atom stereocenters. The third kappa shape index (κ3) is 5.77. The number of hydrogen-bond acceptors (Lipinski definition) is 3. The summed E-state index contributed by atoms with van der Waals surface area (Å²) in [4.78, 5) is 10.8. The third-order valence-electron chi connectivity index (χ3n) is 1.15. The van der Waals surface area contributed by atoms with E-state index in [1.54, 1.807) is 6.92 Å². The van der Waals surface area contributed by atoms with E-state index in [1.807, 2.05) is 13.8 Å². The van der Waals surface area contributed by atoms with Gasteiger partial charge in [-0.15, -0.1) is 0 Å². The molecule has 0 aliphatic heterocycles. The quantitative estimate of drug-likeness (QED) is 0.482. The SMILES string of the molecule is C=C[C@H](C)OC(=O)OCC(C)C. The summed E-state index contributed by atoms with van der Waals surface area (Å²) in [6.45, 7) is 9.52. The Kier molecular flexibility index (Phi) is 5.17. The average Bonchev–Trinajstić information content (AvgIpc) is 2.00. The molecular weight excluding hydrogens is 156 g/mol. The van der Waals surface area contributed by atoms with Crippen LogP contribution in [0.4, 0.5) is 4.79 Å². The molecule has 0 aromatic heterocycles. The van der Waals surface area contributed by atoms with Crippen LogP contribution in [-0.2, 0) is 9.47 Å². The molecule has 0 radical (unpaired) electrons. The second kappa shape index (κ2) is 5.63. The van der Waals surface area contributed by atoms with Crippen LogP contribution in [0.25, 0.3) is 0 Å². The summed E-state index contributed by atoms with van der Waals surface area (Å²) in [6.07, 6.45) is 0.622. The van der Waals surface area contributed by atoms with E-state index < -0.39 is 6.16 Å². The highest BCUT2D eigenvalue weighted by atomic mass is 16.7. The van der Waals surface area contributed by atoms with Crippen molar-refractivity contribution in [3.8, 4) is 0 Å². The molecule has 0 aliphatic carbocycles. The lowest BCUT2D eigenvalue weighted by Gasteiger charge is -2.10. The zero-order valence-corrected chi connectivity index (χ0v) is 7.87. The first kappa shape index (κ1) is 11.0. The molecule has 0 fully saturated rings. The standard InChI is InChI=1S/C9H16O3/c1-5-8(4)12-9(10)11-6-7(2)3/h5,7-8H,1,6H2,2-4H3/t8-/m0/s1. The van der Waals surface area contributed by atoms with Gasteiger partial charge < -0.3 is 9.47 Å². The molecule has 0 amide bonds. The maximum absolute atomic E-state index is 10.8. The van der Waals surface area contributed by atoms with Crippen molar-refractivity contribution in [2.75, 3.05) is 6.61 Å². The smallest absolute Gasteiger partial charge is 0.434 e. The molecule has 0 N–H and O–H groups in total. The van der Waals surface area contributed by atoms with Crippen molar-refractivity contribution < 1.29 is 14.3 Å². The Morgan fingerprint density at radius 2 is 2.08 bits per heavy atom. The molecule has 0 aliphatic rings. The Balaban J connectivity index is 3.53. The summed E-state index contributed by atoms with van der Waals surface area (Å²) in [5.41, 5.74) is 0. The van der Waals surface area contributed by atoms with E-state index in [0.29, 0.717) is 12.5 Å². The molecule has 0 aromatic carbocycles. The molecule has 0 spiro atoms. The Hall–Kier alpha value is -0.990. The van der Waals surface area contributed by atoms with Crippen LogP contribution < -0.4 is 0 Å². The monoisotopic (exact) mass is 172 g/mol. The normalized spacial score (nSPS) is 12.3. The van der Waals surface area contributed by atoms with Gasteiger partial charge in [0.25, 0.3) is 0 Å². The average molecular weight is 172 g/mol. The van der Waals surface area contributed by atoms with Crippen LogP contribution in [0.2, 0.25) is 0 Å². The highest BCUT2D eigenvalue weighted by molar-refractivity contribution is 5.60. The van der Waals surface area contributed by atoms with Crippen LogP contribution in [0.15, 0.2) is 12.7 Å². The molecule has 3 nitrogen and oxygen atoms in total. The fourth-order valence-electron chi connectivity index (χ4n) is 0.469. The molecule has 0 rings (SSSR count). The Morgan fingerprint density at radius 1 is 1.50 bits per heavy atom. The van der Waals surface area contributed by atoms with Gasteiger partial charge in [-0.25, -0.2) is 4.79 Å². The van der Waals surface area contributed by atoms with Gasteiger partial charge >= 0.3 is 6.16 Å². The van der Waals surface area contributed by atoms with Gasteiger partial charge in [-0.05, 0) is 12.8 Å². The van der Waals surface area contributed by atoms with Gasteiger partial charge in [0, 0.05) is 0 Å². The number of carbonyl (C=O) groups is 1. The van der Waals surface area contributed by atoms with Gasteiger partial charge in [-0.1, -0.05) is 26.5 Å². The molecule has 0 saturated heterocycles. The van der Waals surface area contributed by atoms with Gasteiger partial charge in [-0.2, -0.15) is 0 Å². The molecule has 0 aromatic rings. The largest absolute Gasteiger partial charge is 0.508 e. The van der Waals surface area contributed by atoms with Crippen LogP contribution in [0.5, 0.6) is 0 Å². The Morgan fingerprint density at radius 3 is 2.50 bits per heavy atom. The predicted molar refractivity (Wildman–Crippen MR) is 46.9 cm³/mol. The maximum Gasteiger partial charge on any atom is 0.508 e. The minimum Gasteiger partial charge on any atom is -0.434 e. The minimum atomic E-state index is -0.629. The summed E-state index contributed by atoms with van der Waals surface area (Å²) in [7, 11) is 0. The van der Waals surface area contributed by atoms with Crippen molar-refractivity contribution >= 4 is 6.16 Å². The van der Waals surface area contributed by atoms with E-state index in [0.717, 1.165) is 0 Å². The summed E-state index contributed by atoms with van der Waals surface area (Å²) in [6, 6.07) is 0. The fourth-order valence-corrected chi connectivity index (χ4v) is 0.469. The van der Waals surface area contributed by atoms with Crippen molar-refractivity contribution in [1.82, 2.24) is 0 Å². The molecule has 3 heteroatoms. The van der Waals surface area contributed by atoms with Crippen LogP contribution in [-0.4, -0.2) is 18.9 Å². The van der Waals surface area contributed by atoms with Crippen molar-refractivity contribution in [3.63, 3.8) is 0 Å². The minimum absolute atomic E-state index is 0.287. The van der Waals surface area contributed by atoms with Crippen molar-refractivity contribution in [3.05, 3.63) is 12.7 Å². The maximum atomic E-state index is 10.8. The molecule has 12 heavy (non-hydrogen) atoms. The predicted octanol–water partition coefficient (Wildman–Crippen LogP) is 2.37. The number of hydrogen-bond donors (Lipinski definition) is 0. The van der Waals surface area contributed by atoms with Crippen LogP contribution >= 0.6 is 0 Å². The van der Waals surface area contributed by atoms with Crippen LogP contribution in [0, 0.1) is 5.92 Å². The Labute approximate surface area is 73.4 Å². The van der Waals surface area contributed by atoms with Crippen molar-refractivity contribution in [2.24, 2.45) is 5.92 Å². The number of rotatable bonds is 4. The van der Waals surface area contributed by atoms with Gasteiger partial charge in [0.1, 0.15) is 6.10 Å². The first-order valence-electron chi connectivity index (χ1n) is 4.02. The zero-order valence-electron chi connectivity index (χ0n) is 7.87. The van der Waals surface area contributed by atoms with E-state index in [1.165, 1.54) is 6.08 Å². The fraction of sp³-hybridized carbons (Fsp3) is 0.667.